The van der Waals surface area contributed by atoms with Gasteiger partial charge in [-0.25, -0.2) is 0 Å². The lowest BCUT2D eigenvalue weighted by Crippen LogP contribution is -2.31. The molecule has 1 rings (SSSR count). The van der Waals surface area contributed by atoms with Crippen LogP contribution in [0.25, 0.3) is 0 Å². The number of amides is 1. The number of hydrogen-bond donors (Lipinski definition) is 2. The van der Waals surface area contributed by atoms with Crippen LogP contribution in [0.3, 0.4) is 0 Å². The number of rotatable bonds is 6. The Morgan fingerprint density at radius 3 is 2.77 bits per heavy atom. The second-order valence-electron chi connectivity index (χ2n) is 3.68. The Kier molecular flexibility index (Phi) is 4.06. The summed E-state index contributed by atoms with van der Waals surface area (Å²) in [5, 5.41) is 2.87. The zero-order valence-electron chi connectivity index (χ0n) is 8.01. The molecule has 76 valence electrons. The van der Waals surface area contributed by atoms with E-state index in [9.17, 15) is 4.79 Å². The molecular weight excluding hydrogens is 186 g/mol. The van der Waals surface area contributed by atoms with E-state index in [1.54, 1.807) is 7.11 Å². The SMILES string of the molecule is COCCC1(CNC(=O)CS)CC1. The van der Waals surface area contributed by atoms with Crippen LogP contribution < -0.4 is 5.32 Å². The van der Waals surface area contributed by atoms with Crippen molar-refractivity contribution in [3.8, 4) is 0 Å². The van der Waals surface area contributed by atoms with Crippen LogP contribution >= 0.6 is 12.6 Å². The molecule has 1 N–H and O–H groups in total. The summed E-state index contributed by atoms with van der Waals surface area (Å²) in [5.74, 6) is 0.299. The van der Waals surface area contributed by atoms with Gasteiger partial charge in [-0.15, -0.1) is 0 Å². The van der Waals surface area contributed by atoms with Crippen molar-refractivity contribution in [3.63, 3.8) is 0 Å². The number of hydrogen-bond acceptors (Lipinski definition) is 3. The topological polar surface area (TPSA) is 38.3 Å². The molecule has 1 saturated carbocycles. The van der Waals surface area contributed by atoms with Crippen LogP contribution in [0, 0.1) is 5.41 Å². The first kappa shape index (κ1) is 10.9. The number of carbonyl (C=O) groups is 1. The molecule has 4 heteroatoms. The Bertz CT molecular complexity index is 180. The summed E-state index contributed by atoms with van der Waals surface area (Å²) in [6, 6.07) is 0. The second-order valence-corrected chi connectivity index (χ2v) is 3.99. The monoisotopic (exact) mass is 203 g/mol. The van der Waals surface area contributed by atoms with Gasteiger partial charge in [0.1, 0.15) is 0 Å². The van der Waals surface area contributed by atoms with Crippen LogP contribution in [0.5, 0.6) is 0 Å². The molecule has 13 heavy (non-hydrogen) atoms. The molecule has 0 spiro atoms. The summed E-state index contributed by atoms with van der Waals surface area (Å²) in [6.07, 6.45) is 3.47. The third-order valence-corrected chi connectivity index (χ3v) is 2.89. The zero-order valence-corrected chi connectivity index (χ0v) is 8.90. The maximum Gasteiger partial charge on any atom is 0.229 e. The third kappa shape index (κ3) is 3.56. The van der Waals surface area contributed by atoms with Crippen LogP contribution in [-0.2, 0) is 9.53 Å². The van der Waals surface area contributed by atoms with E-state index in [1.807, 2.05) is 0 Å². The first-order valence-electron chi connectivity index (χ1n) is 4.59. The number of carbonyl (C=O) groups excluding carboxylic acids is 1. The molecule has 1 fully saturated rings. The van der Waals surface area contributed by atoms with Crippen molar-refractivity contribution >= 4 is 18.5 Å². The third-order valence-electron chi connectivity index (χ3n) is 2.60. The van der Waals surface area contributed by atoms with Gasteiger partial charge in [0, 0.05) is 20.3 Å². The van der Waals surface area contributed by atoms with Crippen molar-refractivity contribution in [2.45, 2.75) is 19.3 Å². The second kappa shape index (κ2) is 4.86. The summed E-state index contributed by atoms with van der Waals surface area (Å²) in [4.78, 5) is 10.9. The van der Waals surface area contributed by atoms with Crippen molar-refractivity contribution in [1.82, 2.24) is 5.32 Å². The molecule has 0 aliphatic heterocycles. The first-order valence-corrected chi connectivity index (χ1v) is 5.22. The molecule has 3 nitrogen and oxygen atoms in total. The Balaban J connectivity index is 2.16. The highest BCUT2D eigenvalue weighted by molar-refractivity contribution is 7.81. The quantitative estimate of drug-likeness (QED) is 0.628. The molecule has 1 amide bonds. The van der Waals surface area contributed by atoms with Crippen LogP contribution in [0.1, 0.15) is 19.3 Å². The Labute approximate surface area is 84.6 Å². The normalized spacial score (nSPS) is 18.3. The average molecular weight is 203 g/mol. The predicted octanol–water partition coefficient (Wildman–Crippen LogP) is 0.849. The molecule has 1 aliphatic rings. The van der Waals surface area contributed by atoms with Gasteiger partial charge in [-0.3, -0.25) is 4.79 Å². The van der Waals surface area contributed by atoms with E-state index < -0.39 is 0 Å². The van der Waals surface area contributed by atoms with Gasteiger partial charge < -0.3 is 10.1 Å². The van der Waals surface area contributed by atoms with Crippen molar-refractivity contribution in [2.24, 2.45) is 5.41 Å². The highest BCUT2D eigenvalue weighted by Gasteiger charge is 2.41. The van der Waals surface area contributed by atoms with Gasteiger partial charge in [-0.1, -0.05) is 0 Å². The highest BCUT2D eigenvalue weighted by atomic mass is 32.1. The minimum Gasteiger partial charge on any atom is -0.385 e. The summed E-state index contributed by atoms with van der Waals surface area (Å²) in [7, 11) is 1.71. The molecule has 0 heterocycles. The van der Waals surface area contributed by atoms with Gasteiger partial charge in [-0.05, 0) is 24.7 Å². The minimum atomic E-state index is 0.0204. The molecule has 0 saturated heterocycles. The first-order chi connectivity index (χ1) is 6.22. The van der Waals surface area contributed by atoms with Crippen LogP contribution in [0.15, 0.2) is 0 Å². The van der Waals surface area contributed by atoms with E-state index in [2.05, 4.69) is 17.9 Å². The van der Waals surface area contributed by atoms with Gasteiger partial charge in [0.25, 0.3) is 0 Å². The molecule has 0 aromatic carbocycles. The summed E-state index contributed by atoms with van der Waals surface area (Å²) in [5.41, 5.74) is 0.342. The number of nitrogens with one attached hydrogen (secondary N) is 1. The Hall–Kier alpha value is -0.220. The standard InChI is InChI=1S/C9H17NO2S/c1-12-5-4-9(2-3-9)7-10-8(11)6-13/h13H,2-7H2,1H3,(H,10,11). The van der Waals surface area contributed by atoms with Crippen LogP contribution in [-0.4, -0.2) is 31.9 Å². The van der Waals surface area contributed by atoms with E-state index in [0.717, 1.165) is 19.6 Å². The number of thiol groups is 1. The molecule has 0 radical (unpaired) electrons. The lowest BCUT2D eigenvalue weighted by Gasteiger charge is -2.14. The van der Waals surface area contributed by atoms with Crippen LogP contribution in [0.2, 0.25) is 0 Å². The van der Waals surface area contributed by atoms with Gasteiger partial charge in [0.2, 0.25) is 5.91 Å². The molecule has 0 unspecified atom stereocenters. The maximum absolute atomic E-state index is 10.9. The summed E-state index contributed by atoms with van der Waals surface area (Å²) < 4.78 is 5.02. The van der Waals surface area contributed by atoms with Gasteiger partial charge in [0.15, 0.2) is 0 Å². The Morgan fingerprint density at radius 2 is 2.31 bits per heavy atom. The minimum absolute atomic E-state index is 0.0204. The van der Waals surface area contributed by atoms with Crippen molar-refractivity contribution in [3.05, 3.63) is 0 Å². The number of ether oxygens (including phenoxy) is 1. The molecule has 0 atom stereocenters. The van der Waals surface area contributed by atoms with Crippen molar-refractivity contribution in [2.75, 3.05) is 26.0 Å². The molecular formula is C9H17NO2S. The number of methoxy groups -OCH3 is 1. The van der Waals surface area contributed by atoms with E-state index in [4.69, 9.17) is 4.74 Å². The van der Waals surface area contributed by atoms with Gasteiger partial charge >= 0.3 is 0 Å². The van der Waals surface area contributed by atoms with Gasteiger partial charge in [-0.2, -0.15) is 12.6 Å². The van der Waals surface area contributed by atoms with E-state index >= 15 is 0 Å². The smallest absolute Gasteiger partial charge is 0.229 e. The van der Waals surface area contributed by atoms with E-state index in [1.165, 1.54) is 12.8 Å². The van der Waals surface area contributed by atoms with Crippen molar-refractivity contribution in [1.29, 1.82) is 0 Å². The zero-order chi connectivity index (χ0) is 9.73. The van der Waals surface area contributed by atoms with Gasteiger partial charge in [0.05, 0.1) is 5.75 Å². The fourth-order valence-corrected chi connectivity index (χ4v) is 1.46. The summed E-state index contributed by atoms with van der Waals surface area (Å²) >= 11 is 3.90. The highest BCUT2D eigenvalue weighted by Crippen LogP contribution is 2.48. The average Bonchev–Trinajstić information content (AvgIpc) is 2.92. The van der Waals surface area contributed by atoms with Crippen LogP contribution in [0.4, 0.5) is 0 Å². The largest absolute Gasteiger partial charge is 0.385 e. The molecule has 0 aromatic heterocycles. The van der Waals surface area contributed by atoms with E-state index in [-0.39, 0.29) is 11.7 Å². The maximum atomic E-state index is 10.9. The fraction of sp³-hybridized carbons (Fsp3) is 0.889. The Morgan fingerprint density at radius 1 is 1.62 bits per heavy atom. The lowest BCUT2D eigenvalue weighted by atomic mass is 10.0. The van der Waals surface area contributed by atoms with E-state index in [0.29, 0.717) is 5.41 Å². The summed E-state index contributed by atoms with van der Waals surface area (Å²) in [6.45, 7) is 1.58. The molecule has 1 aliphatic carbocycles. The molecule has 0 bridgehead atoms. The predicted molar refractivity (Wildman–Crippen MR) is 55.0 cm³/mol. The fourth-order valence-electron chi connectivity index (χ4n) is 1.35. The lowest BCUT2D eigenvalue weighted by molar-refractivity contribution is -0.118. The molecule has 0 aromatic rings. The van der Waals surface area contributed by atoms with Crippen molar-refractivity contribution < 1.29 is 9.53 Å².